The Morgan fingerprint density at radius 3 is 2.37 bits per heavy atom. The summed E-state index contributed by atoms with van der Waals surface area (Å²) < 4.78 is 14.7. The first-order valence-corrected chi connectivity index (χ1v) is 11.1. The van der Waals surface area contributed by atoms with E-state index < -0.39 is 0 Å². The number of aliphatic hydroxyl groups is 1. The largest absolute Gasteiger partial charge is 0.395 e. The highest BCUT2D eigenvalue weighted by molar-refractivity contribution is 5.92. The van der Waals surface area contributed by atoms with Crippen molar-refractivity contribution in [1.82, 2.24) is 19.9 Å². The van der Waals surface area contributed by atoms with Crippen molar-refractivity contribution >= 4 is 5.91 Å². The molecular formula is C23H29FN4O2. The predicted octanol–water partition coefficient (Wildman–Crippen LogP) is 3.12. The van der Waals surface area contributed by atoms with Gasteiger partial charge in [-0.1, -0.05) is 17.3 Å². The summed E-state index contributed by atoms with van der Waals surface area (Å²) in [6.07, 6.45) is 9.39. The van der Waals surface area contributed by atoms with Crippen molar-refractivity contribution in [3.8, 4) is 0 Å². The van der Waals surface area contributed by atoms with Crippen molar-refractivity contribution in [3.05, 3.63) is 47.5 Å². The lowest BCUT2D eigenvalue weighted by molar-refractivity contribution is -0.0662. The van der Waals surface area contributed by atoms with Crippen molar-refractivity contribution in [3.63, 3.8) is 0 Å². The number of hydrogen-bond donors (Lipinski definition) is 1. The summed E-state index contributed by atoms with van der Waals surface area (Å²) in [5, 5.41) is 17.8. The first-order chi connectivity index (χ1) is 14.5. The molecule has 160 valence electrons. The monoisotopic (exact) mass is 412 g/mol. The maximum atomic E-state index is 13.2. The van der Waals surface area contributed by atoms with Gasteiger partial charge in [0.05, 0.1) is 19.3 Å². The van der Waals surface area contributed by atoms with Crippen LogP contribution in [0.1, 0.15) is 54.6 Å². The first kappa shape index (κ1) is 19.7. The molecule has 4 fully saturated rings. The minimum Gasteiger partial charge on any atom is -0.395 e. The molecule has 4 aliphatic rings. The highest BCUT2D eigenvalue weighted by atomic mass is 19.1. The van der Waals surface area contributed by atoms with Crippen LogP contribution in [0.2, 0.25) is 0 Å². The van der Waals surface area contributed by atoms with Crippen LogP contribution in [0.3, 0.4) is 0 Å². The van der Waals surface area contributed by atoms with E-state index in [-0.39, 0.29) is 23.7 Å². The molecule has 0 unspecified atom stereocenters. The van der Waals surface area contributed by atoms with Gasteiger partial charge in [-0.05, 0) is 79.4 Å². The summed E-state index contributed by atoms with van der Waals surface area (Å²) in [5.74, 6) is 2.01. The highest BCUT2D eigenvalue weighted by Crippen LogP contribution is 2.60. The zero-order valence-electron chi connectivity index (χ0n) is 17.2. The quantitative estimate of drug-likeness (QED) is 0.759. The molecule has 0 aliphatic heterocycles. The lowest BCUT2D eigenvalue weighted by Gasteiger charge is -2.57. The second-order valence-corrected chi connectivity index (χ2v) is 9.80. The van der Waals surface area contributed by atoms with E-state index in [1.54, 1.807) is 27.9 Å². The van der Waals surface area contributed by atoms with E-state index in [0.717, 1.165) is 23.3 Å². The summed E-state index contributed by atoms with van der Waals surface area (Å²) in [6.45, 7) is 1.41. The Kier molecular flexibility index (Phi) is 5.09. The van der Waals surface area contributed by atoms with Gasteiger partial charge in [-0.15, -0.1) is 5.10 Å². The van der Waals surface area contributed by atoms with E-state index in [2.05, 4.69) is 10.3 Å². The van der Waals surface area contributed by atoms with Gasteiger partial charge in [0.2, 0.25) is 0 Å². The standard InChI is InChI=1S/C23H29FN4O2/c24-20-3-1-16(2-4-20)13-28-14-21(25-26-28)22(30)27(5-6-29)15-23-10-17-7-18(11-23)9-19(8-17)12-23/h1-4,14,17-19,29H,5-13,15H2. The molecule has 1 heterocycles. The molecule has 4 saturated carbocycles. The second kappa shape index (κ2) is 7.76. The Balaban J connectivity index is 1.29. The van der Waals surface area contributed by atoms with E-state index >= 15 is 0 Å². The van der Waals surface area contributed by atoms with E-state index in [0.29, 0.717) is 25.3 Å². The number of aromatic nitrogens is 3. The number of carbonyl (C=O) groups is 1. The summed E-state index contributed by atoms with van der Waals surface area (Å²) in [7, 11) is 0. The number of benzene rings is 1. The first-order valence-electron chi connectivity index (χ1n) is 11.1. The average Bonchev–Trinajstić information content (AvgIpc) is 3.16. The topological polar surface area (TPSA) is 71.2 Å². The van der Waals surface area contributed by atoms with Crippen LogP contribution in [0, 0.1) is 29.0 Å². The van der Waals surface area contributed by atoms with Crippen molar-refractivity contribution in [1.29, 1.82) is 0 Å². The Bertz CT molecular complexity index is 875. The number of rotatable bonds is 7. The minimum absolute atomic E-state index is 0.0537. The van der Waals surface area contributed by atoms with Crippen molar-refractivity contribution in [2.24, 2.45) is 23.2 Å². The van der Waals surface area contributed by atoms with Gasteiger partial charge in [-0.25, -0.2) is 9.07 Å². The zero-order chi connectivity index (χ0) is 20.7. The molecule has 0 atom stereocenters. The third kappa shape index (κ3) is 3.87. The van der Waals surface area contributed by atoms with E-state index in [9.17, 15) is 14.3 Å². The molecule has 0 spiro atoms. The van der Waals surface area contributed by atoms with Gasteiger partial charge in [-0.3, -0.25) is 4.79 Å². The fraction of sp³-hybridized carbons (Fsp3) is 0.609. The lowest BCUT2D eigenvalue weighted by Crippen LogP contribution is -2.52. The third-order valence-corrected chi connectivity index (χ3v) is 7.36. The molecule has 7 heteroatoms. The predicted molar refractivity (Wildman–Crippen MR) is 109 cm³/mol. The number of aliphatic hydroxyl groups excluding tert-OH is 1. The van der Waals surface area contributed by atoms with Crippen LogP contribution >= 0.6 is 0 Å². The molecule has 0 radical (unpaired) electrons. The molecule has 0 saturated heterocycles. The molecule has 1 N–H and O–H groups in total. The summed E-state index contributed by atoms with van der Waals surface area (Å²) >= 11 is 0. The Morgan fingerprint density at radius 2 is 1.77 bits per heavy atom. The Labute approximate surface area is 176 Å². The normalized spacial score (nSPS) is 29.3. The SMILES string of the molecule is O=C(c1cn(Cc2ccc(F)cc2)nn1)N(CCO)CC12CC3CC(CC(C3)C1)C2. The van der Waals surface area contributed by atoms with Crippen LogP contribution in [0.4, 0.5) is 4.39 Å². The smallest absolute Gasteiger partial charge is 0.276 e. The Hall–Kier alpha value is -2.28. The molecule has 6 rings (SSSR count). The zero-order valence-corrected chi connectivity index (χ0v) is 17.2. The number of amides is 1. The molecule has 2 aromatic rings. The third-order valence-electron chi connectivity index (χ3n) is 7.36. The number of nitrogens with zero attached hydrogens (tertiary/aromatic N) is 4. The van der Waals surface area contributed by atoms with E-state index in [4.69, 9.17) is 0 Å². The summed E-state index contributed by atoms with van der Waals surface area (Å²) in [6, 6.07) is 6.22. The van der Waals surface area contributed by atoms with Gasteiger partial charge < -0.3 is 10.0 Å². The maximum absolute atomic E-state index is 13.2. The molecule has 30 heavy (non-hydrogen) atoms. The van der Waals surface area contributed by atoms with Crippen molar-refractivity contribution in [2.75, 3.05) is 19.7 Å². The summed E-state index contributed by atoms with van der Waals surface area (Å²) in [5.41, 5.74) is 1.40. The van der Waals surface area contributed by atoms with Crippen LogP contribution < -0.4 is 0 Å². The van der Waals surface area contributed by atoms with Crippen LogP contribution in [0.15, 0.2) is 30.5 Å². The number of halogens is 1. The summed E-state index contributed by atoms with van der Waals surface area (Å²) in [4.78, 5) is 15.0. The molecule has 4 aliphatic carbocycles. The molecule has 1 aromatic carbocycles. The average molecular weight is 413 g/mol. The van der Waals surface area contributed by atoms with Gasteiger partial charge in [0.25, 0.3) is 5.91 Å². The van der Waals surface area contributed by atoms with Crippen LogP contribution in [-0.2, 0) is 6.54 Å². The van der Waals surface area contributed by atoms with Gasteiger partial charge in [0.1, 0.15) is 5.82 Å². The van der Waals surface area contributed by atoms with Crippen LogP contribution in [0.5, 0.6) is 0 Å². The molecule has 1 amide bonds. The van der Waals surface area contributed by atoms with Crippen LogP contribution in [0.25, 0.3) is 0 Å². The maximum Gasteiger partial charge on any atom is 0.276 e. The number of carbonyl (C=O) groups excluding carboxylic acids is 1. The lowest BCUT2D eigenvalue weighted by atomic mass is 9.49. The molecule has 4 bridgehead atoms. The van der Waals surface area contributed by atoms with Gasteiger partial charge in [0.15, 0.2) is 5.69 Å². The fourth-order valence-electron chi connectivity index (χ4n) is 6.67. The minimum atomic E-state index is -0.280. The second-order valence-electron chi connectivity index (χ2n) is 9.80. The molecule has 6 nitrogen and oxygen atoms in total. The Morgan fingerprint density at radius 1 is 1.13 bits per heavy atom. The van der Waals surface area contributed by atoms with Gasteiger partial charge >= 0.3 is 0 Å². The van der Waals surface area contributed by atoms with Gasteiger partial charge in [0, 0.05) is 13.1 Å². The molecular weight excluding hydrogens is 383 g/mol. The van der Waals surface area contributed by atoms with Crippen LogP contribution in [-0.4, -0.2) is 50.6 Å². The number of hydrogen-bond acceptors (Lipinski definition) is 4. The fourth-order valence-corrected chi connectivity index (χ4v) is 6.67. The van der Waals surface area contributed by atoms with E-state index in [1.165, 1.54) is 50.7 Å². The highest BCUT2D eigenvalue weighted by Gasteiger charge is 2.51. The van der Waals surface area contributed by atoms with Gasteiger partial charge in [-0.2, -0.15) is 0 Å². The van der Waals surface area contributed by atoms with Crippen molar-refractivity contribution < 1.29 is 14.3 Å². The van der Waals surface area contributed by atoms with Crippen molar-refractivity contribution in [2.45, 2.75) is 45.1 Å². The molecule has 1 aromatic heterocycles. The van der Waals surface area contributed by atoms with E-state index in [1.807, 2.05) is 0 Å².